The van der Waals surface area contributed by atoms with Gasteiger partial charge in [-0.3, -0.25) is 14.9 Å². The molecule has 2 aromatic rings. The van der Waals surface area contributed by atoms with Crippen molar-refractivity contribution in [2.24, 2.45) is 0 Å². The summed E-state index contributed by atoms with van der Waals surface area (Å²) in [7, 11) is 1.49. The van der Waals surface area contributed by atoms with Gasteiger partial charge in [0.05, 0.1) is 17.7 Å². The number of amides is 1. The van der Waals surface area contributed by atoms with Gasteiger partial charge >= 0.3 is 0 Å². The quantitative estimate of drug-likeness (QED) is 0.691. The largest absolute Gasteiger partial charge is 0.495 e. The predicted molar refractivity (Wildman–Crippen MR) is 78.8 cm³/mol. The maximum Gasteiger partial charge on any atom is 0.282 e. The Morgan fingerprint density at radius 3 is 2.62 bits per heavy atom. The Hall–Kier alpha value is -2.89. The van der Waals surface area contributed by atoms with Crippen molar-refractivity contribution in [1.82, 2.24) is 0 Å². The van der Waals surface area contributed by atoms with Gasteiger partial charge in [-0.1, -0.05) is 18.2 Å². The first kappa shape index (κ1) is 14.5. The SMILES string of the molecule is COc1ccc(C)cc1NC(=O)c1ccccc1[N+](=O)[O-]. The molecule has 6 nitrogen and oxygen atoms in total. The number of carbonyl (C=O) groups is 1. The average molecular weight is 286 g/mol. The number of benzene rings is 2. The van der Waals surface area contributed by atoms with Crippen LogP contribution >= 0.6 is 0 Å². The number of hydrogen-bond acceptors (Lipinski definition) is 4. The molecule has 2 aromatic carbocycles. The third-order valence-electron chi connectivity index (χ3n) is 2.95. The van der Waals surface area contributed by atoms with E-state index < -0.39 is 10.8 Å². The lowest BCUT2D eigenvalue weighted by Crippen LogP contribution is -2.14. The molecule has 0 aromatic heterocycles. The zero-order valence-corrected chi connectivity index (χ0v) is 11.6. The van der Waals surface area contributed by atoms with Gasteiger partial charge in [0.1, 0.15) is 11.3 Å². The summed E-state index contributed by atoms with van der Waals surface area (Å²) in [5, 5.41) is 13.6. The van der Waals surface area contributed by atoms with Crippen molar-refractivity contribution in [3.8, 4) is 5.75 Å². The maximum atomic E-state index is 12.2. The van der Waals surface area contributed by atoms with Crippen LogP contribution in [0.4, 0.5) is 11.4 Å². The molecule has 0 fully saturated rings. The van der Waals surface area contributed by atoms with Crippen molar-refractivity contribution >= 4 is 17.3 Å². The van der Waals surface area contributed by atoms with Gasteiger partial charge in [0.15, 0.2) is 0 Å². The van der Waals surface area contributed by atoms with E-state index in [0.29, 0.717) is 11.4 Å². The fourth-order valence-electron chi connectivity index (χ4n) is 1.93. The first-order valence-corrected chi connectivity index (χ1v) is 6.22. The molecule has 0 bridgehead atoms. The minimum Gasteiger partial charge on any atom is -0.495 e. The van der Waals surface area contributed by atoms with E-state index in [1.807, 2.05) is 13.0 Å². The summed E-state index contributed by atoms with van der Waals surface area (Å²) in [4.78, 5) is 22.6. The second-order valence-corrected chi connectivity index (χ2v) is 4.43. The van der Waals surface area contributed by atoms with E-state index in [0.717, 1.165) is 5.56 Å². The lowest BCUT2D eigenvalue weighted by Gasteiger charge is -2.11. The Kier molecular flexibility index (Phi) is 4.18. The molecule has 0 saturated heterocycles. The van der Waals surface area contributed by atoms with Gasteiger partial charge in [0.25, 0.3) is 11.6 Å². The molecule has 108 valence electrons. The molecule has 0 radical (unpaired) electrons. The highest BCUT2D eigenvalue weighted by Gasteiger charge is 2.20. The molecule has 0 heterocycles. The van der Waals surface area contributed by atoms with Crippen molar-refractivity contribution in [3.05, 3.63) is 63.7 Å². The number of nitro groups is 1. The number of nitro benzene ring substituents is 1. The first-order chi connectivity index (χ1) is 10.0. The average Bonchev–Trinajstić information content (AvgIpc) is 2.47. The molecule has 0 atom stereocenters. The standard InChI is InChI=1S/C15H14N2O4/c1-10-7-8-14(21-2)12(9-10)16-15(18)11-5-3-4-6-13(11)17(19)20/h3-9H,1-2H3,(H,16,18). The van der Waals surface area contributed by atoms with Gasteiger partial charge < -0.3 is 10.1 Å². The number of methoxy groups -OCH3 is 1. The maximum absolute atomic E-state index is 12.2. The number of para-hydroxylation sites is 1. The van der Waals surface area contributed by atoms with Crippen LogP contribution in [0.2, 0.25) is 0 Å². The molecule has 1 amide bonds. The molecule has 1 N–H and O–H groups in total. The second-order valence-electron chi connectivity index (χ2n) is 4.43. The Balaban J connectivity index is 2.35. The molecule has 21 heavy (non-hydrogen) atoms. The summed E-state index contributed by atoms with van der Waals surface area (Å²) in [5.74, 6) is -0.0567. The van der Waals surface area contributed by atoms with E-state index in [1.54, 1.807) is 18.2 Å². The van der Waals surface area contributed by atoms with Crippen LogP contribution in [0, 0.1) is 17.0 Å². The van der Waals surface area contributed by atoms with Crippen molar-refractivity contribution in [1.29, 1.82) is 0 Å². The molecule has 2 rings (SSSR count). The van der Waals surface area contributed by atoms with E-state index in [4.69, 9.17) is 4.74 Å². The summed E-state index contributed by atoms with van der Waals surface area (Å²) in [6.45, 7) is 1.88. The van der Waals surface area contributed by atoms with E-state index >= 15 is 0 Å². The monoisotopic (exact) mass is 286 g/mol. The first-order valence-electron chi connectivity index (χ1n) is 6.22. The van der Waals surface area contributed by atoms with Crippen LogP contribution in [0.15, 0.2) is 42.5 Å². The van der Waals surface area contributed by atoms with Gasteiger partial charge in [0, 0.05) is 6.07 Å². The van der Waals surface area contributed by atoms with Crippen LogP contribution in [0.1, 0.15) is 15.9 Å². The lowest BCUT2D eigenvalue weighted by molar-refractivity contribution is -0.385. The fourth-order valence-corrected chi connectivity index (χ4v) is 1.93. The van der Waals surface area contributed by atoms with Gasteiger partial charge in [-0.25, -0.2) is 0 Å². The molecule has 0 saturated carbocycles. The molecule has 0 spiro atoms. The van der Waals surface area contributed by atoms with Gasteiger partial charge in [-0.05, 0) is 30.7 Å². The zero-order valence-electron chi connectivity index (χ0n) is 11.6. The number of anilines is 1. The van der Waals surface area contributed by atoms with E-state index in [1.165, 1.54) is 25.3 Å². The van der Waals surface area contributed by atoms with Crippen molar-refractivity contribution in [3.63, 3.8) is 0 Å². The number of ether oxygens (including phenoxy) is 1. The van der Waals surface area contributed by atoms with Gasteiger partial charge in [-0.15, -0.1) is 0 Å². The van der Waals surface area contributed by atoms with Crippen molar-refractivity contribution in [2.75, 3.05) is 12.4 Å². The number of nitrogens with zero attached hydrogens (tertiary/aromatic N) is 1. The minimum atomic E-state index is -0.581. The Labute approximate surface area is 121 Å². The van der Waals surface area contributed by atoms with Gasteiger partial charge in [0.2, 0.25) is 0 Å². The van der Waals surface area contributed by atoms with Crippen molar-refractivity contribution in [2.45, 2.75) is 6.92 Å². The molecular formula is C15H14N2O4. The Morgan fingerprint density at radius 1 is 1.24 bits per heavy atom. The summed E-state index contributed by atoms with van der Waals surface area (Å²) in [6, 6.07) is 11.1. The third-order valence-corrected chi connectivity index (χ3v) is 2.95. The number of carbonyl (C=O) groups excluding carboxylic acids is 1. The van der Waals surface area contributed by atoms with Crippen LogP contribution in [0.5, 0.6) is 5.75 Å². The van der Waals surface area contributed by atoms with Crippen LogP contribution in [-0.2, 0) is 0 Å². The highest BCUT2D eigenvalue weighted by atomic mass is 16.6. The Bertz CT molecular complexity index is 698. The molecule has 0 unspecified atom stereocenters. The summed E-state index contributed by atoms with van der Waals surface area (Å²) in [5.41, 5.74) is 1.18. The van der Waals surface area contributed by atoms with Crippen LogP contribution in [-0.4, -0.2) is 17.9 Å². The topological polar surface area (TPSA) is 81.5 Å². The molecule has 0 aliphatic rings. The van der Waals surface area contributed by atoms with E-state index in [9.17, 15) is 14.9 Å². The number of rotatable bonds is 4. The molecule has 0 aliphatic heterocycles. The highest BCUT2D eigenvalue weighted by Crippen LogP contribution is 2.27. The van der Waals surface area contributed by atoms with Crippen LogP contribution < -0.4 is 10.1 Å². The number of aryl methyl sites for hydroxylation is 1. The normalized spacial score (nSPS) is 10.0. The van der Waals surface area contributed by atoms with Crippen LogP contribution in [0.25, 0.3) is 0 Å². The predicted octanol–water partition coefficient (Wildman–Crippen LogP) is 3.16. The number of hydrogen-bond donors (Lipinski definition) is 1. The highest BCUT2D eigenvalue weighted by molar-refractivity contribution is 6.07. The Morgan fingerprint density at radius 2 is 1.95 bits per heavy atom. The summed E-state index contributed by atoms with van der Waals surface area (Å²) >= 11 is 0. The van der Waals surface area contributed by atoms with Crippen molar-refractivity contribution < 1.29 is 14.5 Å². The molecular weight excluding hydrogens is 272 g/mol. The lowest BCUT2D eigenvalue weighted by atomic mass is 10.1. The molecule has 6 heteroatoms. The van der Waals surface area contributed by atoms with E-state index in [-0.39, 0.29) is 11.3 Å². The van der Waals surface area contributed by atoms with Crippen LogP contribution in [0.3, 0.4) is 0 Å². The number of nitrogens with one attached hydrogen (secondary N) is 1. The fraction of sp³-hybridized carbons (Fsp3) is 0.133. The second kappa shape index (κ2) is 6.04. The third kappa shape index (κ3) is 3.17. The van der Waals surface area contributed by atoms with Gasteiger partial charge in [-0.2, -0.15) is 0 Å². The zero-order chi connectivity index (χ0) is 15.4. The van der Waals surface area contributed by atoms with E-state index in [2.05, 4.69) is 5.32 Å². The summed E-state index contributed by atoms with van der Waals surface area (Å²) < 4.78 is 5.17. The smallest absolute Gasteiger partial charge is 0.282 e. The summed E-state index contributed by atoms with van der Waals surface area (Å²) in [6.07, 6.45) is 0. The molecule has 0 aliphatic carbocycles. The minimum absolute atomic E-state index is 0.00561.